The van der Waals surface area contributed by atoms with Crippen LogP contribution >= 0.6 is 24.8 Å². The third kappa shape index (κ3) is 5.16. The molecular weight excluding hydrogens is 446 g/mol. The number of benzene rings is 1. The maximum absolute atomic E-state index is 3.53. The van der Waals surface area contributed by atoms with Crippen LogP contribution in [0.1, 0.15) is 12.0 Å². The van der Waals surface area contributed by atoms with Gasteiger partial charge in [-0.3, -0.25) is 6.08 Å². The number of rotatable bonds is 2. The fourth-order valence-corrected chi connectivity index (χ4v) is 3.01. The van der Waals surface area contributed by atoms with Crippen molar-refractivity contribution in [2.45, 2.75) is 26.1 Å². The second-order valence-electron chi connectivity index (χ2n) is 5.05. The van der Waals surface area contributed by atoms with Crippen LogP contribution in [0.3, 0.4) is 0 Å². The molecule has 0 nitrogen and oxygen atoms in total. The van der Waals surface area contributed by atoms with Crippen molar-refractivity contribution < 1.29 is 25.8 Å². The molecule has 1 aromatic rings. The Morgan fingerprint density at radius 2 is 1.56 bits per heavy atom. The van der Waals surface area contributed by atoms with E-state index in [1.807, 2.05) is 0 Å². The summed E-state index contributed by atoms with van der Waals surface area (Å²) in [6.45, 7) is 7.12. The van der Waals surface area contributed by atoms with Gasteiger partial charge in [0, 0.05) is 33.9 Å². The zero-order valence-corrected chi connectivity index (χ0v) is 17.2. The van der Waals surface area contributed by atoms with E-state index >= 15 is 0 Å². The van der Waals surface area contributed by atoms with E-state index in [0.717, 1.165) is 6.42 Å². The average molecular weight is 465 g/mol. The Balaban J connectivity index is 0. The van der Waals surface area contributed by atoms with E-state index in [9.17, 15) is 0 Å². The molecule has 0 bridgehead atoms. The van der Waals surface area contributed by atoms with Crippen LogP contribution in [0, 0.1) is 6.08 Å². The van der Waals surface area contributed by atoms with E-state index in [-0.39, 0.29) is 50.7 Å². The summed E-state index contributed by atoms with van der Waals surface area (Å²) in [7, 11) is -1.17. The number of hydrogen-bond acceptors (Lipinski definition) is 0. The maximum Gasteiger partial charge on any atom is 0.0394 e. The van der Waals surface area contributed by atoms with Gasteiger partial charge in [0.1, 0.15) is 0 Å². The second-order valence-corrected chi connectivity index (χ2v) is 10.1. The van der Waals surface area contributed by atoms with E-state index in [2.05, 4.69) is 62.1 Å². The van der Waals surface area contributed by atoms with Crippen molar-refractivity contribution in [2.24, 2.45) is 0 Å². The molecule has 0 aromatic heterocycles. The van der Waals surface area contributed by atoms with Crippen molar-refractivity contribution in [3.8, 4) is 0 Å². The van der Waals surface area contributed by atoms with E-state index in [0.29, 0.717) is 0 Å². The van der Waals surface area contributed by atoms with Gasteiger partial charge in [0.2, 0.25) is 0 Å². The Hall–Kier alpha value is 0.367. The Kier molecular flexibility index (Phi) is 9.79. The molecular formula is C14H19Cl2HfSi-. The summed E-state index contributed by atoms with van der Waals surface area (Å²) < 4.78 is 0. The fourth-order valence-electron chi connectivity index (χ4n) is 1.79. The molecule has 98 valence electrons. The first-order chi connectivity index (χ1) is 7.07. The number of hydrogen-bond donors (Lipinski definition) is 0. The normalized spacial score (nSPS) is 13.5. The Bertz CT molecular complexity index is 419. The molecule has 18 heavy (non-hydrogen) atoms. The molecule has 1 aliphatic rings. The van der Waals surface area contributed by atoms with Gasteiger partial charge in [0.25, 0.3) is 0 Å². The van der Waals surface area contributed by atoms with Crippen LogP contribution in [0.5, 0.6) is 0 Å². The SMILES string of the molecule is C[Si](C)(C)C1=[C-]CC(c2ccccc2)=C1.Cl.Cl.[Hf]. The fraction of sp³-hybridized carbons (Fsp3) is 0.286. The third-order valence-corrected chi connectivity index (χ3v) is 4.68. The molecule has 2 rings (SSSR count). The monoisotopic (exact) mass is 465 g/mol. The summed E-state index contributed by atoms with van der Waals surface area (Å²) in [6, 6.07) is 10.6. The Morgan fingerprint density at radius 3 is 2.00 bits per heavy atom. The molecule has 0 atom stereocenters. The Morgan fingerprint density at radius 1 is 1.00 bits per heavy atom. The van der Waals surface area contributed by atoms with Gasteiger partial charge >= 0.3 is 0 Å². The molecule has 0 N–H and O–H groups in total. The van der Waals surface area contributed by atoms with Crippen molar-refractivity contribution in [3.05, 3.63) is 53.2 Å². The van der Waals surface area contributed by atoms with Gasteiger partial charge in [-0.25, -0.2) is 11.3 Å². The molecule has 0 aliphatic heterocycles. The summed E-state index contributed by atoms with van der Waals surface area (Å²) in [4.78, 5) is 0. The molecule has 4 heteroatoms. The maximum atomic E-state index is 3.53. The van der Waals surface area contributed by atoms with Crippen LogP contribution in [0.15, 0.2) is 41.6 Å². The summed E-state index contributed by atoms with van der Waals surface area (Å²) in [6.07, 6.45) is 6.87. The molecule has 0 amide bonds. The van der Waals surface area contributed by atoms with Gasteiger partial charge < -0.3 is 0 Å². The van der Waals surface area contributed by atoms with Gasteiger partial charge in [-0.15, -0.1) is 36.8 Å². The van der Waals surface area contributed by atoms with Crippen molar-refractivity contribution in [2.75, 3.05) is 0 Å². The quantitative estimate of drug-likeness (QED) is 0.430. The molecule has 0 saturated carbocycles. The van der Waals surface area contributed by atoms with Gasteiger partial charge in [0.05, 0.1) is 0 Å². The summed E-state index contributed by atoms with van der Waals surface area (Å²) in [5.74, 6) is 0. The van der Waals surface area contributed by atoms with Crippen LogP contribution in [-0.4, -0.2) is 8.07 Å². The molecule has 1 aliphatic carbocycles. The first-order valence-electron chi connectivity index (χ1n) is 5.45. The van der Waals surface area contributed by atoms with Gasteiger partial charge in [0.15, 0.2) is 0 Å². The number of allylic oxidation sites excluding steroid dienone is 4. The smallest absolute Gasteiger partial charge is 0.0394 e. The molecule has 0 radical (unpaired) electrons. The minimum atomic E-state index is -1.17. The molecule has 1 aromatic carbocycles. The largest absolute Gasteiger partial charge is 0.273 e. The minimum absolute atomic E-state index is 0. The van der Waals surface area contributed by atoms with Gasteiger partial charge in [-0.2, -0.15) is 0 Å². The minimum Gasteiger partial charge on any atom is -0.273 e. The van der Waals surface area contributed by atoms with Crippen molar-refractivity contribution in [1.29, 1.82) is 0 Å². The van der Waals surface area contributed by atoms with Crippen LogP contribution in [-0.2, 0) is 25.8 Å². The average Bonchev–Trinajstić information content (AvgIpc) is 2.67. The third-order valence-electron chi connectivity index (χ3n) is 2.74. The molecule has 0 unspecified atom stereocenters. The van der Waals surface area contributed by atoms with Crippen LogP contribution < -0.4 is 0 Å². The van der Waals surface area contributed by atoms with E-state index < -0.39 is 8.07 Å². The first-order valence-corrected chi connectivity index (χ1v) is 8.95. The predicted octanol–water partition coefficient (Wildman–Crippen LogP) is 4.92. The topological polar surface area (TPSA) is 0 Å². The summed E-state index contributed by atoms with van der Waals surface area (Å²) >= 11 is 0. The molecule has 0 spiro atoms. The zero-order chi connectivity index (χ0) is 10.9. The van der Waals surface area contributed by atoms with Crippen LogP contribution in [0.2, 0.25) is 19.6 Å². The summed E-state index contributed by atoms with van der Waals surface area (Å²) in [5, 5.41) is 1.47. The van der Waals surface area contributed by atoms with Crippen molar-refractivity contribution >= 4 is 38.5 Å². The van der Waals surface area contributed by atoms with E-state index in [1.54, 1.807) is 0 Å². The molecule has 0 heterocycles. The molecule has 0 saturated heterocycles. The van der Waals surface area contributed by atoms with Crippen molar-refractivity contribution in [1.82, 2.24) is 0 Å². The Labute approximate surface area is 143 Å². The van der Waals surface area contributed by atoms with Crippen LogP contribution in [0.25, 0.3) is 5.57 Å². The van der Waals surface area contributed by atoms with Gasteiger partial charge in [-0.1, -0.05) is 50.0 Å². The second kappa shape index (κ2) is 8.52. The molecule has 0 fully saturated rings. The predicted molar refractivity (Wildman–Crippen MR) is 83.6 cm³/mol. The summed E-state index contributed by atoms with van der Waals surface area (Å²) in [5.41, 5.74) is 2.77. The van der Waals surface area contributed by atoms with E-state index in [4.69, 9.17) is 0 Å². The van der Waals surface area contributed by atoms with Crippen LogP contribution in [0.4, 0.5) is 0 Å². The van der Waals surface area contributed by atoms with E-state index in [1.165, 1.54) is 16.3 Å². The number of halogens is 2. The zero-order valence-electron chi connectivity index (χ0n) is 11.0. The van der Waals surface area contributed by atoms with Gasteiger partial charge in [-0.05, 0) is 5.56 Å². The first kappa shape index (κ1) is 20.7. The van der Waals surface area contributed by atoms with Crippen molar-refractivity contribution in [3.63, 3.8) is 0 Å². The standard InChI is InChI=1S/C14H17Si.2ClH.Hf/c1-15(2,3)14-10-9-13(11-14)12-7-5-4-6-8-12;;;/h4-8,11H,9H2,1-3H3;2*1H;/q-1;;;.